The molecule has 0 aliphatic carbocycles. The van der Waals surface area contributed by atoms with Crippen LogP contribution in [0.15, 0.2) is 0 Å². The Hall–Kier alpha value is -2.45. The molecular formula is C12H17NO8. The summed E-state index contributed by atoms with van der Waals surface area (Å²) < 4.78 is 0. The van der Waals surface area contributed by atoms with Gasteiger partial charge in [0.25, 0.3) is 0 Å². The van der Waals surface area contributed by atoms with Crippen molar-refractivity contribution in [3.63, 3.8) is 0 Å². The van der Waals surface area contributed by atoms with Gasteiger partial charge in [-0.3, -0.25) is 24.0 Å². The molecule has 21 heavy (non-hydrogen) atoms. The molecule has 0 saturated heterocycles. The van der Waals surface area contributed by atoms with E-state index in [0.29, 0.717) is 0 Å². The summed E-state index contributed by atoms with van der Waals surface area (Å²) in [7, 11) is 0. The molecule has 0 aliphatic rings. The first kappa shape index (κ1) is 18.6. The Morgan fingerprint density at radius 1 is 0.952 bits per heavy atom. The van der Waals surface area contributed by atoms with Gasteiger partial charge in [0.2, 0.25) is 5.91 Å². The van der Waals surface area contributed by atoms with Crippen molar-refractivity contribution >= 4 is 29.6 Å². The molecule has 0 spiro atoms. The molecule has 0 saturated carbocycles. The van der Waals surface area contributed by atoms with Crippen molar-refractivity contribution in [2.24, 2.45) is 5.92 Å². The molecule has 118 valence electrons. The third-order valence-electron chi connectivity index (χ3n) is 2.65. The third-order valence-corrected chi connectivity index (χ3v) is 2.65. The first-order valence-electron chi connectivity index (χ1n) is 6.09. The van der Waals surface area contributed by atoms with Crippen molar-refractivity contribution in [3.8, 4) is 0 Å². The van der Waals surface area contributed by atoms with Crippen molar-refractivity contribution < 1.29 is 39.3 Å². The number of ketones is 1. The Kier molecular flexibility index (Phi) is 7.66. The van der Waals surface area contributed by atoms with E-state index in [1.54, 1.807) is 0 Å². The van der Waals surface area contributed by atoms with Gasteiger partial charge >= 0.3 is 17.9 Å². The van der Waals surface area contributed by atoms with E-state index >= 15 is 0 Å². The quantitative estimate of drug-likeness (QED) is 0.420. The van der Waals surface area contributed by atoms with Gasteiger partial charge in [-0.1, -0.05) is 0 Å². The number of carboxylic acid groups (broad SMARTS) is 3. The van der Waals surface area contributed by atoms with E-state index in [1.165, 1.54) is 0 Å². The highest BCUT2D eigenvalue weighted by atomic mass is 16.4. The Balaban J connectivity index is 4.80. The van der Waals surface area contributed by atoms with E-state index < -0.39 is 60.8 Å². The number of aliphatic carboxylic acids is 3. The standard InChI is InChI=1S/C12H17NO8/c1-6(14)13-8(5-11(18)19)9(15)4-7(12(20)21)2-3-10(16)17/h7-8H,2-5H2,1H3,(H,13,14)(H,16,17)(H,18,19)(H,20,21). The normalized spacial score (nSPS) is 13.0. The van der Waals surface area contributed by atoms with Gasteiger partial charge in [-0.2, -0.15) is 0 Å². The molecule has 0 aromatic rings. The number of hydrogen-bond acceptors (Lipinski definition) is 5. The molecule has 0 fully saturated rings. The lowest BCUT2D eigenvalue weighted by molar-refractivity contribution is -0.145. The van der Waals surface area contributed by atoms with Crippen molar-refractivity contribution in [2.75, 3.05) is 0 Å². The molecule has 0 rings (SSSR count). The van der Waals surface area contributed by atoms with Crippen LogP contribution in [0.4, 0.5) is 0 Å². The molecule has 9 nitrogen and oxygen atoms in total. The maximum atomic E-state index is 11.9. The van der Waals surface area contributed by atoms with E-state index in [2.05, 4.69) is 5.32 Å². The van der Waals surface area contributed by atoms with Crippen molar-refractivity contribution in [1.82, 2.24) is 5.32 Å². The fraction of sp³-hybridized carbons (Fsp3) is 0.583. The van der Waals surface area contributed by atoms with Crippen LogP contribution >= 0.6 is 0 Å². The minimum atomic E-state index is -1.35. The summed E-state index contributed by atoms with van der Waals surface area (Å²) in [6.45, 7) is 1.10. The Labute approximate surface area is 119 Å². The van der Waals surface area contributed by atoms with Crippen molar-refractivity contribution in [1.29, 1.82) is 0 Å². The molecule has 0 radical (unpaired) electrons. The van der Waals surface area contributed by atoms with E-state index in [9.17, 15) is 24.0 Å². The first-order chi connectivity index (χ1) is 9.63. The predicted molar refractivity (Wildman–Crippen MR) is 67.5 cm³/mol. The molecular weight excluding hydrogens is 286 g/mol. The van der Waals surface area contributed by atoms with Crippen LogP contribution in [-0.2, 0) is 24.0 Å². The third kappa shape index (κ3) is 8.35. The molecule has 0 bridgehead atoms. The number of rotatable bonds is 10. The fourth-order valence-corrected chi connectivity index (χ4v) is 1.66. The zero-order chi connectivity index (χ0) is 16.6. The Bertz CT molecular complexity index is 429. The zero-order valence-corrected chi connectivity index (χ0v) is 11.4. The Morgan fingerprint density at radius 3 is 1.90 bits per heavy atom. The number of amides is 1. The SMILES string of the molecule is CC(=O)NC(CC(=O)O)C(=O)CC(CCC(=O)O)C(=O)O. The lowest BCUT2D eigenvalue weighted by atomic mass is 9.93. The molecule has 2 atom stereocenters. The molecule has 4 N–H and O–H groups in total. The van der Waals surface area contributed by atoms with E-state index in [1.807, 2.05) is 0 Å². The highest BCUT2D eigenvalue weighted by Crippen LogP contribution is 2.14. The van der Waals surface area contributed by atoms with Gasteiger partial charge in [0.15, 0.2) is 5.78 Å². The average Bonchev–Trinajstić information content (AvgIpc) is 2.31. The van der Waals surface area contributed by atoms with Gasteiger partial charge in [0.1, 0.15) is 0 Å². The molecule has 1 amide bonds. The topological polar surface area (TPSA) is 158 Å². The summed E-state index contributed by atoms with van der Waals surface area (Å²) in [6, 6.07) is -1.33. The fourth-order valence-electron chi connectivity index (χ4n) is 1.66. The monoisotopic (exact) mass is 303 g/mol. The zero-order valence-electron chi connectivity index (χ0n) is 11.4. The molecule has 0 aromatic carbocycles. The summed E-state index contributed by atoms with van der Waals surface area (Å²) in [5.74, 6) is -6.48. The van der Waals surface area contributed by atoms with Crippen molar-refractivity contribution in [2.45, 2.75) is 38.6 Å². The lowest BCUT2D eigenvalue weighted by Gasteiger charge is -2.17. The molecule has 9 heteroatoms. The number of carboxylic acids is 3. The van der Waals surface area contributed by atoms with E-state index in [4.69, 9.17) is 15.3 Å². The van der Waals surface area contributed by atoms with Crippen LogP contribution in [0.2, 0.25) is 0 Å². The Morgan fingerprint density at radius 2 is 1.52 bits per heavy atom. The summed E-state index contributed by atoms with van der Waals surface area (Å²) in [5, 5.41) is 28.3. The second kappa shape index (κ2) is 8.67. The van der Waals surface area contributed by atoms with Gasteiger partial charge < -0.3 is 20.6 Å². The number of Topliss-reactive ketones (excluding diaryl/α,β-unsaturated/α-hetero) is 1. The highest BCUT2D eigenvalue weighted by molar-refractivity contribution is 5.93. The van der Waals surface area contributed by atoms with E-state index in [0.717, 1.165) is 6.92 Å². The van der Waals surface area contributed by atoms with Crippen LogP contribution < -0.4 is 5.32 Å². The van der Waals surface area contributed by atoms with Crippen LogP contribution in [0.1, 0.15) is 32.6 Å². The number of nitrogens with one attached hydrogen (secondary N) is 1. The summed E-state index contributed by atoms with van der Waals surface area (Å²) in [4.78, 5) is 54.8. The minimum absolute atomic E-state index is 0.254. The van der Waals surface area contributed by atoms with Crippen LogP contribution in [0.5, 0.6) is 0 Å². The van der Waals surface area contributed by atoms with Crippen LogP contribution in [0.25, 0.3) is 0 Å². The van der Waals surface area contributed by atoms with E-state index in [-0.39, 0.29) is 6.42 Å². The van der Waals surface area contributed by atoms with Gasteiger partial charge in [0, 0.05) is 19.8 Å². The van der Waals surface area contributed by atoms with Crippen LogP contribution in [0, 0.1) is 5.92 Å². The van der Waals surface area contributed by atoms with Crippen LogP contribution in [0.3, 0.4) is 0 Å². The average molecular weight is 303 g/mol. The second-order valence-corrected chi connectivity index (χ2v) is 4.49. The number of carbonyl (C=O) groups is 5. The maximum absolute atomic E-state index is 11.9. The molecule has 2 unspecified atom stereocenters. The van der Waals surface area contributed by atoms with Crippen molar-refractivity contribution in [3.05, 3.63) is 0 Å². The summed E-state index contributed by atoms with van der Waals surface area (Å²) in [6.07, 6.45) is -1.88. The minimum Gasteiger partial charge on any atom is -0.481 e. The lowest BCUT2D eigenvalue weighted by Crippen LogP contribution is -2.42. The predicted octanol–water partition coefficient (Wildman–Crippen LogP) is -0.509. The van der Waals surface area contributed by atoms with Gasteiger partial charge in [-0.05, 0) is 6.42 Å². The van der Waals surface area contributed by atoms with Gasteiger partial charge in [-0.15, -0.1) is 0 Å². The largest absolute Gasteiger partial charge is 0.481 e. The number of hydrogen-bond donors (Lipinski definition) is 4. The number of carbonyl (C=O) groups excluding carboxylic acids is 2. The highest BCUT2D eigenvalue weighted by Gasteiger charge is 2.28. The molecule has 0 aromatic heterocycles. The smallest absolute Gasteiger partial charge is 0.306 e. The molecule has 0 heterocycles. The maximum Gasteiger partial charge on any atom is 0.306 e. The molecule has 0 aliphatic heterocycles. The summed E-state index contributed by atoms with van der Waals surface area (Å²) >= 11 is 0. The first-order valence-corrected chi connectivity index (χ1v) is 6.09. The summed E-state index contributed by atoms with van der Waals surface area (Å²) in [5.41, 5.74) is 0. The second-order valence-electron chi connectivity index (χ2n) is 4.49. The van der Waals surface area contributed by atoms with Gasteiger partial charge in [0.05, 0.1) is 18.4 Å². The van der Waals surface area contributed by atoms with Crippen LogP contribution in [-0.4, -0.2) is 51.0 Å². The van der Waals surface area contributed by atoms with Gasteiger partial charge in [-0.25, -0.2) is 0 Å².